The minimum absolute atomic E-state index is 0.289. The quantitative estimate of drug-likeness (QED) is 0.236. The van der Waals surface area contributed by atoms with E-state index >= 15 is 0 Å². The zero-order valence-corrected chi connectivity index (χ0v) is 18.4. The number of allylic oxidation sites excluding steroid dienone is 1. The summed E-state index contributed by atoms with van der Waals surface area (Å²) in [7, 11) is -0.446. The number of halogens is 1. The van der Waals surface area contributed by atoms with Gasteiger partial charge in [-0.1, -0.05) is 97.1 Å². The number of rotatable bonds is 6. The molecule has 0 aromatic heterocycles. The van der Waals surface area contributed by atoms with Gasteiger partial charge in [-0.3, -0.25) is 0 Å². The molecular formula is C25H26ClO2P. The van der Waals surface area contributed by atoms with E-state index in [4.69, 9.17) is 16.3 Å². The van der Waals surface area contributed by atoms with Crippen LogP contribution in [0, 0.1) is 0 Å². The molecule has 0 fully saturated rings. The van der Waals surface area contributed by atoms with Gasteiger partial charge in [0.1, 0.15) is 0 Å². The third kappa shape index (κ3) is 7.49. The summed E-state index contributed by atoms with van der Waals surface area (Å²) in [4.78, 5) is 10.8. The van der Waals surface area contributed by atoms with Crippen molar-refractivity contribution in [3.63, 3.8) is 0 Å². The van der Waals surface area contributed by atoms with Crippen LogP contribution < -0.4 is 15.9 Å². The van der Waals surface area contributed by atoms with Gasteiger partial charge in [0.05, 0.1) is 6.61 Å². The SMILES string of the molecule is CCOC(=O)/C(C)=C\CCl.c1ccc(P(c2ccccc2)c2ccccc2)cc1. The first kappa shape index (κ1) is 22.9. The van der Waals surface area contributed by atoms with Gasteiger partial charge < -0.3 is 4.74 Å². The van der Waals surface area contributed by atoms with Gasteiger partial charge >= 0.3 is 5.97 Å². The number of ether oxygens (including phenoxy) is 1. The maximum absolute atomic E-state index is 10.8. The lowest BCUT2D eigenvalue weighted by Gasteiger charge is -2.18. The molecule has 0 aliphatic heterocycles. The Morgan fingerprint density at radius 2 is 1.21 bits per heavy atom. The highest BCUT2D eigenvalue weighted by Gasteiger charge is 2.14. The third-order valence-electron chi connectivity index (χ3n) is 4.02. The maximum Gasteiger partial charge on any atom is 0.333 e. The second-order valence-electron chi connectivity index (χ2n) is 6.10. The monoisotopic (exact) mass is 424 g/mol. The molecule has 29 heavy (non-hydrogen) atoms. The summed E-state index contributed by atoms with van der Waals surface area (Å²) in [5, 5.41) is 4.19. The van der Waals surface area contributed by atoms with Crippen molar-refractivity contribution in [1.29, 1.82) is 0 Å². The van der Waals surface area contributed by atoms with E-state index in [1.165, 1.54) is 15.9 Å². The minimum atomic E-state index is -0.446. The fourth-order valence-corrected chi connectivity index (χ4v) is 5.16. The maximum atomic E-state index is 10.8. The molecule has 0 saturated carbocycles. The molecule has 0 unspecified atom stereocenters. The van der Waals surface area contributed by atoms with Gasteiger partial charge in [0.2, 0.25) is 0 Å². The van der Waals surface area contributed by atoms with Gasteiger partial charge in [-0.15, -0.1) is 11.6 Å². The summed E-state index contributed by atoms with van der Waals surface area (Å²) < 4.78 is 4.69. The van der Waals surface area contributed by atoms with Gasteiger partial charge in [0.15, 0.2) is 0 Å². The van der Waals surface area contributed by atoms with Crippen LogP contribution in [0.25, 0.3) is 0 Å². The highest BCUT2D eigenvalue weighted by molar-refractivity contribution is 7.79. The van der Waals surface area contributed by atoms with Crippen LogP contribution in [0.3, 0.4) is 0 Å². The molecule has 4 heteroatoms. The van der Waals surface area contributed by atoms with Crippen LogP contribution in [0.1, 0.15) is 13.8 Å². The van der Waals surface area contributed by atoms with E-state index in [0.29, 0.717) is 18.1 Å². The van der Waals surface area contributed by atoms with E-state index in [-0.39, 0.29) is 5.97 Å². The molecule has 0 spiro atoms. The van der Waals surface area contributed by atoms with Gasteiger partial charge in [0.25, 0.3) is 0 Å². The first-order valence-electron chi connectivity index (χ1n) is 9.52. The third-order valence-corrected chi connectivity index (χ3v) is 6.62. The summed E-state index contributed by atoms with van der Waals surface area (Å²) in [6, 6.07) is 32.3. The molecule has 0 heterocycles. The van der Waals surface area contributed by atoms with E-state index < -0.39 is 7.92 Å². The molecule has 0 bridgehead atoms. The van der Waals surface area contributed by atoms with Gasteiger partial charge in [-0.05, 0) is 37.7 Å². The van der Waals surface area contributed by atoms with Crippen molar-refractivity contribution in [2.45, 2.75) is 13.8 Å². The standard InChI is InChI=1S/C18H15P.C7H11ClO2/c1-4-10-16(11-5-1)19(17-12-6-2-7-13-17)18-14-8-3-9-15-18;1-3-10-7(9)6(2)4-5-8/h1-15H;4H,3,5H2,1-2H3/b;6-4-. The predicted molar refractivity (Wildman–Crippen MR) is 126 cm³/mol. The highest BCUT2D eigenvalue weighted by atomic mass is 35.5. The lowest BCUT2D eigenvalue weighted by atomic mass is 10.3. The first-order chi connectivity index (χ1) is 14.2. The zero-order valence-electron chi connectivity index (χ0n) is 16.8. The van der Waals surface area contributed by atoms with Crippen LogP contribution in [-0.4, -0.2) is 18.5 Å². The topological polar surface area (TPSA) is 26.3 Å². The lowest BCUT2D eigenvalue weighted by Crippen LogP contribution is -2.20. The molecule has 0 saturated heterocycles. The van der Waals surface area contributed by atoms with Crippen LogP contribution in [0.2, 0.25) is 0 Å². The van der Waals surface area contributed by atoms with Crippen molar-refractivity contribution in [2.75, 3.05) is 12.5 Å². The van der Waals surface area contributed by atoms with Crippen molar-refractivity contribution >= 4 is 41.4 Å². The first-order valence-corrected chi connectivity index (χ1v) is 11.4. The summed E-state index contributed by atoms with van der Waals surface area (Å²) in [6.07, 6.45) is 1.62. The molecule has 0 atom stereocenters. The molecule has 3 rings (SSSR count). The second-order valence-corrected chi connectivity index (χ2v) is 8.63. The number of hydrogen-bond donors (Lipinski definition) is 0. The smallest absolute Gasteiger partial charge is 0.333 e. The average molecular weight is 425 g/mol. The summed E-state index contributed by atoms with van der Waals surface area (Å²) >= 11 is 5.36. The summed E-state index contributed by atoms with van der Waals surface area (Å²) in [6.45, 7) is 3.86. The van der Waals surface area contributed by atoms with Gasteiger partial charge in [-0.2, -0.15) is 0 Å². The van der Waals surface area contributed by atoms with Crippen molar-refractivity contribution in [3.8, 4) is 0 Å². The second kappa shape index (κ2) is 12.9. The van der Waals surface area contributed by atoms with Crippen LogP contribution in [0.4, 0.5) is 0 Å². The Kier molecular flexibility index (Phi) is 10.2. The van der Waals surface area contributed by atoms with Gasteiger partial charge in [0, 0.05) is 11.5 Å². The average Bonchev–Trinajstić information content (AvgIpc) is 2.77. The van der Waals surface area contributed by atoms with Crippen molar-refractivity contribution in [1.82, 2.24) is 0 Å². The predicted octanol–water partition coefficient (Wildman–Crippen LogP) is 5.18. The molecule has 3 aromatic carbocycles. The lowest BCUT2D eigenvalue weighted by molar-refractivity contribution is -0.138. The van der Waals surface area contributed by atoms with Crippen LogP contribution in [0.5, 0.6) is 0 Å². The van der Waals surface area contributed by atoms with E-state index in [1.54, 1.807) is 19.9 Å². The zero-order chi connectivity index (χ0) is 20.9. The molecule has 150 valence electrons. The van der Waals surface area contributed by atoms with Crippen molar-refractivity contribution in [3.05, 3.63) is 103 Å². The number of alkyl halides is 1. The molecule has 2 nitrogen and oxygen atoms in total. The Balaban J connectivity index is 0.000000257. The molecule has 0 aliphatic carbocycles. The fraction of sp³-hybridized carbons (Fsp3) is 0.160. The summed E-state index contributed by atoms with van der Waals surface area (Å²) in [5.41, 5.74) is 0.567. The van der Waals surface area contributed by atoms with E-state index in [1.807, 2.05) is 0 Å². The highest BCUT2D eigenvalue weighted by Crippen LogP contribution is 2.32. The molecular weight excluding hydrogens is 399 g/mol. The van der Waals surface area contributed by atoms with E-state index in [9.17, 15) is 4.79 Å². The van der Waals surface area contributed by atoms with Crippen molar-refractivity contribution < 1.29 is 9.53 Å². The largest absolute Gasteiger partial charge is 0.463 e. The Hall–Kier alpha value is -2.41. The Bertz CT molecular complexity index is 787. The van der Waals surface area contributed by atoms with Crippen LogP contribution in [0.15, 0.2) is 103 Å². The number of carbonyl (C=O) groups is 1. The molecule has 0 aliphatic rings. The molecule has 3 aromatic rings. The molecule has 0 N–H and O–H groups in total. The minimum Gasteiger partial charge on any atom is -0.463 e. The van der Waals surface area contributed by atoms with Crippen molar-refractivity contribution in [2.24, 2.45) is 0 Å². The number of carbonyl (C=O) groups excluding carboxylic acids is 1. The van der Waals surface area contributed by atoms with E-state index in [2.05, 4.69) is 91.0 Å². The normalized spacial score (nSPS) is 10.8. The molecule has 0 radical (unpaired) electrons. The number of benzene rings is 3. The van der Waals surface area contributed by atoms with Gasteiger partial charge in [-0.25, -0.2) is 4.79 Å². The Labute approximate surface area is 179 Å². The van der Waals surface area contributed by atoms with Crippen LogP contribution in [-0.2, 0) is 9.53 Å². The number of hydrogen-bond acceptors (Lipinski definition) is 2. The Morgan fingerprint density at radius 3 is 1.52 bits per heavy atom. The number of esters is 1. The van der Waals surface area contributed by atoms with Crippen LogP contribution >= 0.6 is 19.5 Å². The summed E-state index contributed by atoms with van der Waals surface area (Å²) in [5.74, 6) is 0.0631. The van der Waals surface area contributed by atoms with E-state index in [0.717, 1.165) is 0 Å². The fourth-order valence-electron chi connectivity index (χ4n) is 2.62. The molecule has 0 amide bonds. The Morgan fingerprint density at radius 1 is 0.828 bits per heavy atom.